The quantitative estimate of drug-likeness (QED) is 0.728. The van der Waals surface area contributed by atoms with Crippen molar-refractivity contribution in [2.24, 2.45) is 0 Å². The maximum Gasteiger partial charge on any atom is 0.199 e. The molecule has 0 saturated carbocycles. The summed E-state index contributed by atoms with van der Waals surface area (Å²) in [6, 6.07) is 6.56. The van der Waals surface area contributed by atoms with E-state index in [2.05, 4.69) is 49.3 Å². The van der Waals surface area contributed by atoms with Crippen LogP contribution >= 0.6 is 0 Å². The Morgan fingerprint density at radius 1 is 1.20 bits per heavy atom. The molecule has 2 N–H and O–H groups in total. The fraction of sp³-hybridized carbons (Fsp3) is 0.231. The minimum atomic E-state index is 0.633. The Hall–Kier alpha value is -2.54. The lowest BCUT2D eigenvalue weighted by Gasteiger charge is -2.08. The molecule has 0 bridgehead atoms. The van der Waals surface area contributed by atoms with E-state index in [1.54, 1.807) is 16.9 Å². The highest BCUT2D eigenvalue weighted by atomic mass is 15.5. The van der Waals surface area contributed by atoms with E-state index in [1.165, 1.54) is 16.7 Å². The molecule has 7 heteroatoms. The van der Waals surface area contributed by atoms with Crippen molar-refractivity contribution in [3.05, 3.63) is 47.3 Å². The van der Waals surface area contributed by atoms with Gasteiger partial charge in [-0.25, -0.2) is 0 Å². The van der Waals surface area contributed by atoms with Crippen LogP contribution in [0.5, 0.6) is 0 Å². The third kappa shape index (κ3) is 1.88. The van der Waals surface area contributed by atoms with Crippen LogP contribution in [0.2, 0.25) is 0 Å². The molecule has 0 fully saturated rings. The second-order valence-electron chi connectivity index (χ2n) is 4.80. The molecule has 1 aromatic carbocycles. The van der Waals surface area contributed by atoms with E-state index < -0.39 is 0 Å². The summed E-state index contributed by atoms with van der Waals surface area (Å²) in [5.41, 5.74) is 4.63. The molecular formula is C13H13N7. The zero-order valence-electron chi connectivity index (χ0n) is 10.7. The number of tetrazole rings is 1. The number of rotatable bonds is 3. The molecule has 0 saturated heterocycles. The standard InChI is InChI=1S/C13H13N7/c1-2-10-5-14-6-11(10)3-9(1)4-16-12-7-15-8-13-17-18-19-20(12)13/h1-3,7-8,14,16H,4-6H2. The lowest BCUT2D eigenvalue weighted by molar-refractivity contribution is 0.764. The van der Waals surface area contributed by atoms with Gasteiger partial charge < -0.3 is 10.6 Å². The number of anilines is 1. The number of nitrogens with one attached hydrogen (secondary N) is 2. The highest BCUT2D eigenvalue weighted by molar-refractivity contribution is 5.44. The highest BCUT2D eigenvalue weighted by Gasteiger charge is 2.10. The number of fused-ring (bicyclic) bond motifs is 2. The molecule has 3 heterocycles. The first kappa shape index (κ1) is 11.3. The normalized spacial score (nSPS) is 13.6. The van der Waals surface area contributed by atoms with E-state index >= 15 is 0 Å². The molecule has 1 aliphatic rings. The Morgan fingerprint density at radius 2 is 2.15 bits per heavy atom. The molecular weight excluding hydrogens is 254 g/mol. The number of benzene rings is 1. The van der Waals surface area contributed by atoms with Crippen molar-refractivity contribution < 1.29 is 0 Å². The SMILES string of the molecule is c1cc2c(cc1CNc1cncc3nnnn13)CNC2. The first-order chi connectivity index (χ1) is 9.90. The second kappa shape index (κ2) is 4.53. The second-order valence-corrected chi connectivity index (χ2v) is 4.80. The van der Waals surface area contributed by atoms with Crippen LogP contribution in [-0.2, 0) is 19.6 Å². The van der Waals surface area contributed by atoms with Crippen LogP contribution < -0.4 is 10.6 Å². The molecule has 0 spiro atoms. The predicted molar refractivity (Wildman–Crippen MR) is 72.9 cm³/mol. The summed E-state index contributed by atoms with van der Waals surface area (Å²) in [5, 5.41) is 18.1. The summed E-state index contributed by atoms with van der Waals surface area (Å²) < 4.78 is 1.64. The third-order valence-electron chi connectivity index (χ3n) is 3.48. The zero-order chi connectivity index (χ0) is 13.4. The molecule has 0 amide bonds. The lowest BCUT2D eigenvalue weighted by Crippen LogP contribution is -2.06. The molecule has 1 aliphatic heterocycles. The van der Waals surface area contributed by atoms with Gasteiger partial charge in [-0.2, -0.15) is 4.52 Å². The zero-order valence-corrected chi connectivity index (χ0v) is 10.7. The van der Waals surface area contributed by atoms with E-state index in [-0.39, 0.29) is 0 Å². The minimum Gasteiger partial charge on any atom is -0.365 e. The first-order valence-electron chi connectivity index (χ1n) is 6.47. The summed E-state index contributed by atoms with van der Waals surface area (Å²) in [6.07, 6.45) is 3.35. The van der Waals surface area contributed by atoms with Crippen molar-refractivity contribution >= 4 is 11.5 Å². The van der Waals surface area contributed by atoms with Crippen molar-refractivity contribution in [1.29, 1.82) is 0 Å². The maximum atomic E-state index is 4.12. The Bertz CT molecular complexity index is 764. The van der Waals surface area contributed by atoms with Gasteiger partial charge in [0.05, 0.1) is 12.4 Å². The van der Waals surface area contributed by atoms with E-state index in [0.717, 1.165) is 18.9 Å². The Labute approximate surface area is 115 Å². The van der Waals surface area contributed by atoms with Crippen LogP contribution in [0, 0.1) is 0 Å². The molecule has 0 aliphatic carbocycles. The van der Waals surface area contributed by atoms with Crippen molar-refractivity contribution in [2.75, 3.05) is 5.32 Å². The fourth-order valence-corrected chi connectivity index (χ4v) is 2.45. The van der Waals surface area contributed by atoms with Gasteiger partial charge in [0.15, 0.2) is 11.5 Å². The van der Waals surface area contributed by atoms with Gasteiger partial charge >= 0.3 is 0 Å². The Kier molecular flexibility index (Phi) is 2.56. The molecule has 2 aromatic heterocycles. The summed E-state index contributed by atoms with van der Waals surface area (Å²) in [5.74, 6) is 0.783. The van der Waals surface area contributed by atoms with Crippen molar-refractivity contribution in [1.82, 2.24) is 30.3 Å². The van der Waals surface area contributed by atoms with Gasteiger partial charge in [-0.05, 0) is 27.1 Å². The summed E-state index contributed by atoms with van der Waals surface area (Å²) in [6.45, 7) is 2.64. The van der Waals surface area contributed by atoms with Gasteiger partial charge in [0.2, 0.25) is 0 Å². The molecule has 4 rings (SSSR count). The molecule has 0 radical (unpaired) electrons. The van der Waals surface area contributed by atoms with Gasteiger partial charge in [-0.15, -0.1) is 5.10 Å². The van der Waals surface area contributed by atoms with Crippen molar-refractivity contribution in [3.63, 3.8) is 0 Å². The third-order valence-corrected chi connectivity index (χ3v) is 3.48. The first-order valence-corrected chi connectivity index (χ1v) is 6.47. The van der Waals surface area contributed by atoms with Crippen molar-refractivity contribution in [2.45, 2.75) is 19.6 Å². The lowest BCUT2D eigenvalue weighted by atomic mass is 10.1. The largest absolute Gasteiger partial charge is 0.365 e. The van der Waals surface area contributed by atoms with Gasteiger partial charge in [-0.3, -0.25) is 4.98 Å². The molecule has 0 unspecified atom stereocenters. The van der Waals surface area contributed by atoms with E-state index in [0.29, 0.717) is 12.2 Å². The number of hydrogen-bond acceptors (Lipinski definition) is 6. The smallest absolute Gasteiger partial charge is 0.199 e. The van der Waals surface area contributed by atoms with Gasteiger partial charge in [0.1, 0.15) is 0 Å². The number of nitrogens with zero attached hydrogens (tertiary/aromatic N) is 5. The summed E-state index contributed by atoms with van der Waals surface area (Å²) >= 11 is 0. The maximum absolute atomic E-state index is 4.12. The Balaban J connectivity index is 1.57. The average Bonchev–Trinajstić information content (AvgIpc) is 3.13. The van der Waals surface area contributed by atoms with Gasteiger partial charge in [0, 0.05) is 19.6 Å². The Morgan fingerprint density at radius 3 is 3.15 bits per heavy atom. The van der Waals surface area contributed by atoms with Crippen LogP contribution in [0.1, 0.15) is 16.7 Å². The highest BCUT2D eigenvalue weighted by Crippen LogP contribution is 2.18. The fourth-order valence-electron chi connectivity index (χ4n) is 2.45. The molecule has 0 atom stereocenters. The average molecular weight is 267 g/mol. The van der Waals surface area contributed by atoms with Crippen molar-refractivity contribution in [3.8, 4) is 0 Å². The van der Waals surface area contributed by atoms with Crippen LogP contribution in [0.3, 0.4) is 0 Å². The van der Waals surface area contributed by atoms with Crippen LogP contribution in [-0.4, -0.2) is 25.0 Å². The molecule has 7 nitrogen and oxygen atoms in total. The topological polar surface area (TPSA) is 80.0 Å². The van der Waals surface area contributed by atoms with E-state index in [4.69, 9.17) is 0 Å². The molecule has 20 heavy (non-hydrogen) atoms. The predicted octanol–water partition coefficient (Wildman–Crippen LogP) is 0.735. The van der Waals surface area contributed by atoms with Crippen LogP contribution in [0.4, 0.5) is 5.82 Å². The monoisotopic (exact) mass is 267 g/mol. The van der Waals surface area contributed by atoms with Crippen LogP contribution in [0.15, 0.2) is 30.6 Å². The summed E-state index contributed by atoms with van der Waals surface area (Å²) in [7, 11) is 0. The van der Waals surface area contributed by atoms with E-state index in [9.17, 15) is 0 Å². The van der Waals surface area contributed by atoms with Gasteiger partial charge in [0.25, 0.3) is 0 Å². The van der Waals surface area contributed by atoms with Gasteiger partial charge in [-0.1, -0.05) is 18.2 Å². The van der Waals surface area contributed by atoms with Crippen LogP contribution in [0.25, 0.3) is 5.65 Å². The number of aromatic nitrogens is 5. The minimum absolute atomic E-state index is 0.633. The van der Waals surface area contributed by atoms with E-state index in [1.807, 2.05) is 0 Å². The molecule has 100 valence electrons. The summed E-state index contributed by atoms with van der Waals surface area (Å²) in [4.78, 5) is 4.12. The molecule has 3 aromatic rings. The number of hydrogen-bond donors (Lipinski definition) is 2.